The van der Waals surface area contributed by atoms with Gasteiger partial charge in [-0.05, 0) is 32.1 Å². The molecule has 8 nitrogen and oxygen atoms in total. The van der Waals surface area contributed by atoms with E-state index in [2.05, 4.69) is 15.5 Å². The zero-order valence-corrected chi connectivity index (χ0v) is 13.6. The van der Waals surface area contributed by atoms with Gasteiger partial charge in [0.1, 0.15) is 11.4 Å². The number of aromatic amines is 1. The molecule has 1 amide bonds. The number of nitro groups is 1. The summed E-state index contributed by atoms with van der Waals surface area (Å²) in [6, 6.07) is 6.00. The Labute approximate surface area is 137 Å². The van der Waals surface area contributed by atoms with Crippen molar-refractivity contribution in [1.82, 2.24) is 20.1 Å². The van der Waals surface area contributed by atoms with Crippen LogP contribution >= 0.6 is 12.2 Å². The first-order chi connectivity index (χ1) is 10.9. The third kappa shape index (κ3) is 3.81. The second-order valence-electron chi connectivity index (χ2n) is 5.19. The number of nitrogens with zero attached hydrogens (tertiary/aromatic N) is 3. The molecule has 0 saturated carbocycles. The molecule has 122 valence electrons. The summed E-state index contributed by atoms with van der Waals surface area (Å²) in [7, 11) is 0. The van der Waals surface area contributed by atoms with Gasteiger partial charge in [-0.2, -0.15) is 5.10 Å². The highest BCUT2D eigenvalue weighted by Gasteiger charge is 2.19. The molecule has 9 heteroatoms. The van der Waals surface area contributed by atoms with Crippen LogP contribution in [0.4, 0.5) is 5.69 Å². The van der Waals surface area contributed by atoms with E-state index >= 15 is 0 Å². The van der Waals surface area contributed by atoms with E-state index in [-0.39, 0.29) is 17.3 Å². The Bertz CT molecular complexity index is 781. The van der Waals surface area contributed by atoms with E-state index in [1.54, 1.807) is 6.07 Å². The van der Waals surface area contributed by atoms with Gasteiger partial charge in [0.2, 0.25) is 0 Å². The number of H-pyrrole nitrogens is 1. The first kappa shape index (κ1) is 16.8. The van der Waals surface area contributed by atoms with Crippen molar-refractivity contribution in [2.45, 2.75) is 26.3 Å². The number of carbonyl (C=O) groups excluding carboxylic acids is 1. The zero-order chi connectivity index (χ0) is 17.0. The van der Waals surface area contributed by atoms with Gasteiger partial charge in [-0.3, -0.25) is 20.0 Å². The number of amides is 1. The van der Waals surface area contributed by atoms with Crippen molar-refractivity contribution in [2.75, 3.05) is 6.54 Å². The van der Waals surface area contributed by atoms with Crippen molar-refractivity contribution < 1.29 is 9.72 Å². The minimum Gasteiger partial charge on any atom is -0.351 e. The fourth-order valence-electron chi connectivity index (χ4n) is 2.25. The van der Waals surface area contributed by atoms with Gasteiger partial charge in [-0.1, -0.05) is 12.1 Å². The Morgan fingerprint density at radius 1 is 1.48 bits per heavy atom. The van der Waals surface area contributed by atoms with Gasteiger partial charge in [0.15, 0.2) is 4.77 Å². The van der Waals surface area contributed by atoms with Crippen molar-refractivity contribution in [3.63, 3.8) is 0 Å². The molecule has 23 heavy (non-hydrogen) atoms. The van der Waals surface area contributed by atoms with E-state index in [9.17, 15) is 14.9 Å². The number of benzene rings is 1. The van der Waals surface area contributed by atoms with Gasteiger partial charge in [0.05, 0.1) is 4.92 Å². The number of hydrogen-bond donors (Lipinski definition) is 2. The lowest BCUT2D eigenvalue weighted by Crippen LogP contribution is -2.27. The molecule has 2 aromatic rings. The van der Waals surface area contributed by atoms with E-state index < -0.39 is 10.8 Å². The van der Waals surface area contributed by atoms with Crippen molar-refractivity contribution in [1.29, 1.82) is 0 Å². The summed E-state index contributed by atoms with van der Waals surface area (Å²) in [5.74, 6) is 0.246. The molecule has 2 rings (SSSR count). The molecular weight excluding hydrogens is 318 g/mol. The number of nitro benzene ring substituents is 1. The number of para-hydroxylation sites is 1. The van der Waals surface area contributed by atoms with Crippen LogP contribution in [0.15, 0.2) is 24.3 Å². The zero-order valence-electron chi connectivity index (χ0n) is 12.8. The van der Waals surface area contributed by atoms with E-state index in [4.69, 9.17) is 12.2 Å². The molecule has 0 saturated heterocycles. The Hall–Kier alpha value is -2.55. The molecule has 0 unspecified atom stereocenters. The van der Waals surface area contributed by atoms with Crippen LogP contribution < -0.4 is 5.32 Å². The number of hydrogen-bond acceptors (Lipinski definition) is 5. The maximum absolute atomic E-state index is 12.1. The lowest BCUT2D eigenvalue weighted by Gasteiger charge is -2.10. The van der Waals surface area contributed by atoms with Crippen LogP contribution in [0.3, 0.4) is 0 Å². The quantitative estimate of drug-likeness (QED) is 0.479. The Morgan fingerprint density at radius 3 is 2.83 bits per heavy atom. The van der Waals surface area contributed by atoms with Crippen LogP contribution in [0, 0.1) is 14.9 Å². The highest BCUT2D eigenvalue weighted by atomic mass is 32.1. The second-order valence-corrected chi connectivity index (χ2v) is 5.58. The highest BCUT2D eigenvalue weighted by molar-refractivity contribution is 7.71. The first-order valence-electron chi connectivity index (χ1n) is 7.09. The molecule has 0 aliphatic rings. The first-order valence-corrected chi connectivity index (χ1v) is 7.50. The molecule has 0 radical (unpaired) electrons. The predicted molar refractivity (Wildman–Crippen MR) is 86.9 cm³/mol. The molecule has 1 aromatic heterocycles. The summed E-state index contributed by atoms with van der Waals surface area (Å²) in [6.07, 6.45) is 0.470. The van der Waals surface area contributed by atoms with Crippen molar-refractivity contribution in [3.8, 4) is 0 Å². The summed E-state index contributed by atoms with van der Waals surface area (Å²) in [4.78, 5) is 22.5. The van der Waals surface area contributed by atoms with E-state index in [0.717, 1.165) is 5.82 Å². The fraction of sp³-hybridized carbons (Fsp3) is 0.357. The lowest BCUT2D eigenvalue weighted by molar-refractivity contribution is -0.385. The average molecular weight is 335 g/mol. The van der Waals surface area contributed by atoms with E-state index in [1.807, 2.05) is 18.4 Å². The van der Waals surface area contributed by atoms with E-state index in [1.165, 1.54) is 18.2 Å². The van der Waals surface area contributed by atoms with Crippen molar-refractivity contribution in [2.24, 2.45) is 0 Å². The van der Waals surface area contributed by atoms with Crippen LogP contribution in [0.2, 0.25) is 0 Å². The van der Waals surface area contributed by atoms with Crippen LogP contribution in [0.5, 0.6) is 0 Å². The summed E-state index contributed by atoms with van der Waals surface area (Å²) in [5.41, 5.74) is -0.171. The molecule has 0 spiro atoms. The molecule has 0 bridgehead atoms. The second kappa shape index (κ2) is 7.14. The number of rotatable bonds is 6. The SMILES string of the molecule is CC(C)n1c(CCNC(=O)c2ccccc2[N+](=O)[O-])n[nH]c1=S. The third-order valence-corrected chi connectivity index (χ3v) is 3.56. The number of aromatic nitrogens is 3. The van der Waals surface area contributed by atoms with Crippen LogP contribution in [-0.4, -0.2) is 32.1 Å². The maximum Gasteiger partial charge on any atom is 0.282 e. The van der Waals surface area contributed by atoms with Gasteiger partial charge in [0.25, 0.3) is 11.6 Å². The largest absolute Gasteiger partial charge is 0.351 e. The summed E-state index contributed by atoms with van der Waals surface area (Å²) in [5, 5.41) is 20.5. The van der Waals surface area contributed by atoms with Crippen molar-refractivity contribution in [3.05, 3.63) is 50.5 Å². The van der Waals surface area contributed by atoms with Crippen LogP contribution in [0.1, 0.15) is 36.1 Å². The minimum absolute atomic E-state index is 0.0419. The summed E-state index contributed by atoms with van der Waals surface area (Å²) in [6.45, 7) is 4.28. The molecule has 2 N–H and O–H groups in total. The molecule has 0 aliphatic carbocycles. The Balaban J connectivity index is 2.04. The Morgan fingerprint density at radius 2 is 2.17 bits per heavy atom. The number of nitrogens with one attached hydrogen (secondary N) is 2. The van der Waals surface area contributed by atoms with Crippen molar-refractivity contribution >= 4 is 23.8 Å². The standard InChI is InChI=1S/C14H17N5O3S/c1-9(2)18-12(16-17-14(18)23)7-8-15-13(20)10-5-3-4-6-11(10)19(21)22/h3-6,9H,7-8H2,1-2H3,(H,15,20)(H,17,23). The van der Waals surface area contributed by atoms with Gasteiger partial charge >= 0.3 is 0 Å². The molecule has 1 aromatic carbocycles. The van der Waals surface area contributed by atoms with Crippen LogP contribution in [-0.2, 0) is 6.42 Å². The molecule has 1 heterocycles. The summed E-state index contributed by atoms with van der Waals surface area (Å²) < 4.78 is 2.40. The fourth-order valence-corrected chi connectivity index (χ4v) is 2.62. The average Bonchev–Trinajstić information content (AvgIpc) is 2.88. The monoisotopic (exact) mass is 335 g/mol. The van der Waals surface area contributed by atoms with Gasteiger partial charge in [-0.15, -0.1) is 0 Å². The van der Waals surface area contributed by atoms with Crippen LogP contribution in [0.25, 0.3) is 0 Å². The third-order valence-electron chi connectivity index (χ3n) is 3.27. The van der Waals surface area contributed by atoms with Gasteiger partial charge in [0, 0.05) is 25.1 Å². The molecule has 0 fully saturated rings. The van der Waals surface area contributed by atoms with Gasteiger partial charge in [-0.25, -0.2) is 0 Å². The molecule has 0 aliphatic heterocycles. The molecular formula is C14H17N5O3S. The number of carbonyl (C=O) groups is 1. The maximum atomic E-state index is 12.1. The Kier molecular flexibility index (Phi) is 5.22. The topological polar surface area (TPSA) is 106 Å². The molecule has 0 atom stereocenters. The van der Waals surface area contributed by atoms with E-state index in [0.29, 0.717) is 17.7 Å². The predicted octanol–water partition coefficient (Wildman–Crippen LogP) is 2.40. The van der Waals surface area contributed by atoms with Gasteiger partial charge < -0.3 is 9.88 Å². The smallest absolute Gasteiger partial charge is 0.282 e. The lowest BCUT2D eigenvalue weighted by atomic mass is 10.1. The minimum atomic E-state index is -0.571. The highest BCUT2D eigenvalue weighted by Crippen LogP contribution is 2.17. The summed E-state index contributed by atoms with van der Waals surface area (Å²) >= 11 is 5.16. The normalized spacial score (nSPS) is 10.7.